The van der Waals surface area contributed by atoms with Crippen LogP contribution in [0.5, 0.6) is 0 Å². The van der Waals surface area contributed by atoms with Crippen LogP contribution < -0.4 is 0 Å². The molecular weight excluding hydrogens is 384 g/mol. The first-order valence-corrected chi connectivity index (χ1v) is 9.22. The molecule has 30 heavy (non-hydrogen) atoms. The Morgan fingerprint density at radius 3 is 1.27 bits per heavy atom. The molecule has 0 saturated carbocycles. The first-order chi connectivity index (χ1) is 14.3. The predicted octanol–water partition coefficient (Wildman–Crippen LogP) is 3.92. The summed E-state index contributed by atoms with van der Waals surface area (Å²) in [6, 6.07) is 0. The smallest absolute Gasteiger partial charge is 0.302 e. The van der Waals surface area contributed by atoms with Gasteiger partial charge in [0.1, 0.15) is 25.8 Å². The van der Waals surface area contributed by atoms with Crippen molar-refractivity contribution in [2.24, 2.45) is 0 Å². The lowest BCUT2D eigenvalue weighted by atomic mass is 10.2. The molecule has 0 atom stereocenters. The number of aldehydes is 2. The van der Waals surface area contributed by atoms with E-state index < -0.39 is 11.9 Å². The lowest BCUT2D eigenvalue weighted by Crippen LogP contribution is -2.02. The van der Waals surface area contributed by atoms with Crippen molar-refractivity contribution < 1.29 is 28.7 Å². The van der Waals surface area contributed by atoms with Gasteiger partial charge in [0.05, 0.1) is 0 Å². The zero-order valence-electron chi connectivity index (χ0n) is 17.8. The van der Waals surface area contributed by atoms with E-state index in [1.807, 2.05) is 0 Å². The normalized spacial score (nSPS) is 13.9. The molecule has 0 saturated heterocycles. The number of hydrogen-bond acceptors (Lipinski definition) is 6. The van der Waals surface area contributed by atoms with Gasteiger partial charge in [-0.3, -0.25) is 19.2 Å². The standard InChI is InChI=1S/C24H28O6/c1-19(15-25)9-7-13-23(17-29-21(3)27)11-5-6-12-24(18-30-22(4)28)14-8-10-20(2)16-26/h5-16H,17-18H2,1-4H3. The van der Waals surface area contributed by atoms with Crippen molar-refractivity contribution in [1.29, 1.82) is 0 Å². The van der Waals surface area contributed by atoms with Crippen LogP contribution in [0.3, 0.4) is 0 Å². The first-order valence-electron chi connectivity index (χ1n) is 9.22. The van der Waals surface area contributed by atoms with Gasteiger partial charge in [-0.1, -0.05) is 60.8 Å². The fourth-order valence-corrected chi connectivity index (χ4v) is 1.76. The van der Waals surface area contributed by atoms with Crippen LogP contribution in [0.15, 0.2) is 83.1 Å². The highest BCUT2D eigenvalue weighted by Gasteiger charge is 1.97. The maximum atomic E-state index is 11.1. The van der Waals surface area contributed by atoms with E-state index in [1.165, 1.54) is 13.8 Å². The van der Waals surface area contributed by atoms with E-state index in [2.05, 4.69) is 0 Å². The number of carbonyl (C=O) groups is 4. The summed E-state index contributed by atoms with van der Waals surface area (Å²) in [5.41, 5.74) is 2.56. The van der Waals surface area contributed by atoms with Crippen molar-refractivity contribution in [3.63, 3.8) is 0 Å². The van der Waals surface area contributed by atoms with Gasteiger partial charge in [0.2, 0.25) is 0 Å². The van der Waals surface area contributed by atoms with Crippen LogP contribution >= 0.6 is 0 Å². The fraction of sp³-hybridized carbons (Fsp3) is 0.250. The number of ether oxygens (including phenoxy) is 2. The highest BCUT2D eigenvalue weighted by Crippen LogP contribution is 2.04. The summed E-state index contributed by atoms with van der Waals surface area (Å²) in [6.45, 7) is 6.19. The second kappa shape index (κ2) is 16.4. The molecule has 0 aromatic carbocycles. The molecule has 0 unspecified atom stereocenters. The van der Waals surface area contributed by atoms with Gasteiger partial charge in [-0.15, -0.1) is 0 Å². The van der Waals surface area contributed by atoms with Crippen LogP contribution in [-0.4, -0.2) is 37.7 Å². The maximum absolute atomic E-state index is 11.1. The molecule has 0 amide bonds. The second-order valence-electron chi connectivity index (χ2n) is 6.20. The largest absolute Gasteiger partial charge is 0.461 e. The SMILES string of the molecule is CC(=O)OCC(C=CC=C(C)C=O)=CC=CC=C(C=CC=C(C)C=O)COC(C)=O. The second-order valence-corrected chi connectivity index (χ2v) is 6.20. The molecule has 160 valence electrons. The average molecular weight is 412 g/mol. The lowest BCUT2D eigenvalue weighted by Gasteiger charge is -2.02. The minimum Gasteiger partial charge on any atom is -0.461 e. The highest BCUT2D eigenvalue weighted by molar-refractivity contribution is 5.73. The summed E-state index contributed by atoms with van der Waals surface area (Å²) < 4.78 is 10.0. The zero-order chi connectivity index (χ0) is 22.8. The van der Waals surface area contributed by atoms with Gasteiger partial charge in [-0.25, -0.2) is 0 Å². The van der Waals surface area contributed by atoms with Gasteiger partial charge in [-0.05, 0) is 36.1 Å². The molecule has 0 heterocycles. The van der Waals surface area contributed by atoms with Crippen molar-refractivity contribution in [3.05, 3.63) is 83.1 Å². The number of esters is 2. The van der Waals surface area contributed by atoms with E-state index >= 15 is 0 Å². The van der Waals surface area contributed by atoms with Crippen molar-refractivity contribution in [2.45, 2.75) is 27.7 Å². The molecule has 0 aromatic rings. The van der Waals surface area contributed by atoms with Crippen molar-refractivity contribution in [2.75, 3.05) is 13.2 Å². The molecule has 0 aliphatic rings. The molecule has 0 fully saturated rings. The highest BCUT2D eigenvalue weighted by atomic mass is 16.5. The summed E-state index contributed by atoms with van der Waals surface area (Å²) in [6.07, 6.45) is 18.6. The summed E-state index contributed by atoms with van der Waals surface area (Å²) >= 11 is 0. The van der Waals surface area contributed by atoms with Gasteiger partial charge in [0.15, 0.2) is 0 Å². The minimum atomic E-state index is -0.398. The van der Waals surface area contributed by atoms with Gasteiger partial charge < -0.3 is 9.47 Å². The Bertz CT molecular complexity index is 749. The number of allylic oxidation sites excluding steroid dienone is 10. The van der Waals surface area contributed by atoms with Crippen molar-refractivity contribution in [3.8, 4) is 0 Å². The fourth-order valence-electron chi connectivity index (χ4n) is 1.76. The van der Waals surface area contributed by atoms with Crippen LogP contribution in [0.2, 0.25) is 0 Å². The third-order valence-corrected chi connectivity index (χ3v) is 3.33. The molecule has 6 heteroatoms. The Labute approximate surface area is 177 Å². The quantitative estimate of drug-likeness (QED) is 0.209. The van der Waals surface area contributed by atoms with Crippen LogP contribution in [-0.2, 0) is 28.7 Å². The Balaban J connectivity index is 5.45. The number of carbonyl (C=O) groups excluding carboxylic acids is 4. The van der Waals surface area contributed by atoms with Gasteiger partial charge in [0.25, 0.3) is 0 Å². The monoisotopic (exact) mass is 412 g/mol. The number of rotatable bonds is 12. The minimum absolute atomic E-state index is 0.0871. The van der Waals surface area contributed by atoms with E-state index in [4.69, 9.17) is 9.47 Å². The third-order valence-electron chi connectivity index (χ3n) is 3.33. The van der Waals surface area contributed by atoms with E-state index in [0.717, 1.165) is 12.6 Å². The first kappa shape index (κ1) is 26.5. The Kier molecular flexibility index (Phi) is 14.5. The van der Waals surface area contributed by atoms with Gasteiger partial charge >= 0.3 is 11.9 Å². The van der Waals surface area contributed by atoms with E-state index in [-0.39, 0.29) is 13.2 Å². The van der Waals surface area contributed by atoms with Gasteiger partial charge in [0, 0.05) is 13.8 Å². The van der Waals surface area contributed by atoms with Crippen LogP contribution in [0.1, 0.15) is 27.7 Å². The molecule has 0 spiro atoms. The molecule has 0 aromatic heterocycles. The topological polar surface area (TPSA) is 86.7 Å². The zero-order valence-corrected chi connectivity index (χ0v) is 17.8. The molecule has 0 aliphatic heterocycles. The van der Waals surface area contributed by atoms with Crippen molar-refractivity contribution in [1.82, 2.24) is 0 Å². The van der Waals surface area contributed by atoms with Crippen molar-refractivity contribution >= 4 is 24.5 Å². The molecule has 0 rings (SSSR count). The molecule has 0 aliphatic carbocycles. The van der Waals surface area contributed by atoms with Crippen LogP contribution in [0, 0.1) is 0 Å². The molecule has 6 nitrogen and oxygen atoms in total. The summed E-state index contributed by atoms with van der Waals surface area (Å²) in [5, 5.41) is 0. The summed E-state index contributed by atoms with van der Waals surface area (Å²) in [5.74, 6) is -0.796. The molecule has 0 bridgehead atoms. The average Bonchev–Trinajstić information content (AvgIpc) is 2.71. The summed E-state index contributed by atoms with van der Waals surface area (Å²) in [4.78, 5) is 43.4. The van der Waals surface area contributed by atoms with E-state index in [0.29, 0.717) is 22.3 Å². The Morgan fingerprint density at radius 2 is 0.967 bits per heavy atom. The lowest BCUT2D eigenvalue weighted by molar-refractivity contribution is -0.140. The number of hydrogen-bond donors (Lipinski definition) is 0. The van der Waals surface area contributed by atoms with E-state index in [9.17, 15) is 19.2 Å². The molecular formula is C24H28O6. The van der Waals surface area contributed by atoms with Gasteiger partial charge in [-0.2, -0.15) is 0 Å². The summed E-state index contributed by atoms with van der Waals surface area (Å²) in [7, 11) is 0. The molecule has 0 N–H and O–H groups in total. The van der Waals surface area contributed by atoms with Crippen LogP contribution in [0.25, 0.3) is 0 Å². The maximum Gasteiger partial charge on any atom is 0.302 e. The van der Waals surface area contributed by atoms with Crippen LogP contribution in [0.4, 0.5) is 0 Å². The third kappa shape index (κ3) is 15.5. The van der Waals surface area contributed by atoms with E-state index in [1.54, 1.807) is 74.6 Å². The molecule has 0 radical (unpaired) electrons. The predicted molar refractivity (Wildman–Crippen MR) is 116 cm³/mol. The Morgan fingerprint density at radius 1 is 0.600 bits per heavy atom. The Hall–Kier alpha value is -3.54.